The molecule has 2 aromatic rings. The fourth-order valence-corrected chi connectivity index (χ4v) is 4.48. The number of likely N-dealkylation sites (N-methyl/N-ethyl adjacent to an activating group) is 1. The standard InChI is InChI=1S/C24H30N4O3.C5H5.F6P.Fe/c1-25-11-13-26(14-12-25)21-7-9-22(10-8-21)27-15-17-28(18-16-27)23(29)19-3-5-20(6-4-19)24(30)31-2;1-2-4-5-3-1;1-7(2,3,4,5)6;/h3-10H,11-18H2,1-2H3;1-5H;;/q;;-1;+2. The molecule has 0 bridgehead atoms. The molecule has 1 aliphatic carbocycles. The molecule has 0 unspecified atom stereocenters. The topological polar surface area (TPSA) is 56.3 Å². The number of amides is 1. The first-order valence-electron chi connectivity index (χ1n) is 13.5. The Balaban J connectivity index is 0.000000436. The molecular formula is C29H35F6FeN4O3P+. The molecule has 1 saturated carbocycles. The molecule has 15 heteroatoms. The van der Waals surface area contributed by atoms with Crippen LogP contribution >= 0.6 is 7.81 Å². The van der Waals surface area contributed by atoms with E-state index in [1.54, 1.807) is 24.3 Å². The van der Waals surface area contributed by atoms with Crippen molar-refractivity contribution in [1.29, 1.82) is 0 Å². The van der Waals surface area contributed by atoms with Crippen LogP contribution in [0.2, 0.25) is 0 Å². The number of nitrogens with zero attached hydrogens (tertiary/aromatic N) is 4. The van der Waals surface area contributed by atoms with Gasteiger partial charge in [-0.2, -0.15) is 0 Å². The Morgan fingerprint density at radius 2 is 0.955 bits per heavy atom. The van der Waals surface area contributed by atoms with Crippen molar-refractivity contribution in [2.45, 2.75) is 0 Å². The minimum Gasteiger partial charge on any atom is -0.0312 e. The van der Waals surface area contributed by atoms with E-state index in [0.29, 0.717) is 24.2 Å². The van der Waals surface area contributed by atoms with Crippen LogP contribution in [0.25, 0.3) is 0 Å². The Hall–Kier alpha value is -2.53. The van der Waals surface area contributed by atoms with Crippen molar-refractivity contribution < 1.29 is 56.6 Å². The molecule has 7 nitrogen and oxygen atoms in total. The second-order valence-corrected chi connectivity index (χ2v) is 12.0. The fourth-order valence-electron chi connectivity index (χ4n) is 4.48. The molecule has 2 saturated heterocycles. The Bertz CT molecular complexity index is 1180. The summed E-state index contributed by atoms with van der Waals surface area (Å²) in [5.41, 5.74) is 3.52. The van der Waals surface area contributed by atoms with Crippen molar-refractivity contribution in [3.63, 3.8) is 0 Å². The van der Waals surface area contributed by atoms with Crippen molar-refractivity contribution in [2.75, 3.05) is 76.3 Å². The number of methoxy groups -OCH3 is 1. The summed E-state index contributed by atoms with van der Waals surface area (Å²) in [5, 5.41) is 0. The minimum atomic E-state index is -10.7. The van der Waals surface area contributed by atoms with Gasteiger partial charge >= 0.3 is 56.0 Å². The van der Waals surface area contributed by atoms with Gasteiger partial charge in [0.05, 0.1) is 12.7 Å². The minimum absolute atomic E-state index is 0. The van der Waals surface area contributed by atoms with Crippen molar-refractivity contribution in [2.24, 2.45) is 0 Å². The third-order valence-corrected chi connectivity index (χ3v) is 6.76. The molecule has 243 valence electrons. The SMILES string of the molecule is COC(=O)c1ccc(C(=O)N2CCN(c3ccc(N4CCN(C)CC4)cc3)CC2)cc1.F[P-](F)(F)(F)(F)F.[CH]1[CH][CH][CH][CH]1.[Fe+2]. The third kappa shape index (κ3) is 14.1. The largest absolute Gasteiger partial charge is 2.00 e. The number of ether oxygens (including phenoxy) is 1. The van der Waals surface area contributed by atoms with Gasteiger partial charge in [-0.1, -0.05) is 0 Å². The van der Waals surface area contributed by atoms with Gasteiger partial charge in [-0.25, -0.2) is 4.79 Å². The molecule has 44 heavy (non-hydrogen) atoms. The fraction of sp³-hybridized carbons (Fsp3) is 0.345. The van der Waals surface area contributed by atoms with E-state index in [4.69, 9.17) is 4.74 Å². The summed E-state index contributed by atoms with van der Waals surface area (Å²) in [6.45, 7) is 7.30. The number of anilines is 2. The maximum atomic E-state index is 12.8. The van der Waals surface area contributed by atoms with Gasteiger partial charge in [0.1, 0.15) is 0 Å². The summed E-state index contributed by atoms with van der Waals surface area (Å²) in [5.74, 6) is -0.396. The number of halogens is 6. The number of esters is 1. The van der Waals surface area contributed by atoms with Crippen molar-refractivity contribution >= 4 is 31.1 Å². The number of benzene rings is 2. The quantitative estimate of drug-likeness (QED) is 0.157. The summed E-state index contributed by atoms with van der Waals surface area (Å²) in [4.78, 5) is 33.4. The molecule has 2 aliphatic heterocycles. The second kappa shape index (κ2) is 15.2. The van der Waals surface area contributed by atoms with E-state index < -0.39 is 13.8 Å². The van der Waals surface area contributed by atoms with E-state index in [0.717, 1.165) is 39.3 Å². The number of hydrogen-bond donors (Lipinski definition) is 0. The predicted molar refractivity (Wildman–Crippen MR) is 157 cm³/mol. The van der Waals surface area contributed by atoms with Crippen LogP contribution in [-0.2, 0) is 21.8 Å². The Morgan fingerprint density at radius 1 is 0.614 bits per heavy atom. The number of rotatable bonds is 4. The van der Waals surface area contributed by atoms with Crippen LogP contribution in [-0.4, -0.2) is 88.2 Å². The molecule has 5 radical (unpaired) electrons. The van der Waals surface area contributed by atoms with Gasteiger partial charge < -0.3 is 24.3 Å². The zero-order valence-corrected chi connectivity index (χ0v) is 26.2. The number of piperazine rings is 2. The average Bonchev–Trinajstić information content (AvgIpc) is 3.56. The molecule has 5 rings (SSSR count). The number of carbonyl (C=O) groups is 2. The van der Waals surface area contributed by atoms with Crippen molar-refractivity contribution in [1.82, 2.24) is 9.80 Å². The first-order chi connectivity index (χ1) is 20.0. The van der Waals surface area contributed by atoms with E-state index >= 15 is 0 Å². The zero-order valence-electron chi connectivity index (χ0n) is 24.2. The van der Waals surface area contributed by atoms with Gasteiger partial charge in [0.15, 0.2) is 0 Å². The number of carbonyl (C=O) groups excluding carboxylic acids is 2. The van der Waals surface area contributed by atoms with Gasteiger partial charge in [-0.05, 0) is 87.7 Å². The van der Waals surface area contributed by atoms with Gasteiger partial charge in [-0.3, -0.25) is 4.79 Å². The molecule has 0 spiro atoms. The van der Waals surface area contributed by atoms with E-state index in [1.807, 2.05) is 37.0 Å². The monoisotopic (exact) mass is 688 g/mol. The van der Waals surface area contributed by atoms with Crippen LogP contribution < -0.4 is 9.80 Å². The van der Waals surface area contributed by atoms with Crippen LogP contribution in [0, 0.1) is 32.1 Å². The average molecular weight is 688 g/mol. The summed E-state index contributed by atoms with van der Waals surface area (Å²) < 4.78 is 63.9. The second-order valence-electron chi connectivity index (χ2n) is 10.1. The smallest absolute Gasteiger partial charge is 0.0312 e. The first-order valence-corrected chi connectivity index (χ1v) is 15.5. The van der Waals surface area contributed by atoms with Gasteiger partial charge in [-0.15, -0.1) is 0 Å². The third-order valence-electron chi connectivity index (χ3n) is 6.76. The van der Waals surface area contributed by atoms with E-state index in [1.165, 1.54) is 18.5 Å². The molecule has 0 N–H and O–H groups in total. The van der Waals surface area contributed by atoms with Crippen LogP contribution in [0.5, 0.6) is 0 Å². The van der Waals surface area contributed by atoms with E-state index in [9.17, 15) is 34.8 Å². The summed E-state index contributed by atoms with van der Waals surface area (Å²) in [6.07, 6.45) is 10.0. The van der Waals surface area contributed by atoms with Crippen molar-refractivity contribution in [3.05, 3.63) is 91.8 Å². The van der Waals surface area contributed by atoms with Crippen LogP contribution in [0.15, 0.2) is 48.5 Å². The normalized spacial score (nSPS) is 18.8. The molecule has 2 heterocycles. The van der Waals surface area contributed by atoms with Crippen LogP contribution in [0.4, 0.5) is 36.6 Å². The molecule has 3 aliphatic rings. The molecule has 0 atom stereocenters. The van der Waals surface area contributed by atoms with Crippen LogP contribution in [0.1, 0.15) is 20.7 Å². The van der Waals surface area contributed by atoms with Gasteiger partial charge in [0, 0.05) is 69.3 Å². The number of hydrogen-bond acceptors (Lipinski definition) is 6. The van der Waals surface area contributed by atoms with Gasteiger partial charge in [0.25, 0.3) is 5.91 Å². The maximum Gasteiger partial charge on any atom is 2.00 e. The molecule has 1 amide bonds. The molecular weight excluding hydrogens is 653 g/mol. The predicted octanol–water partition coefficient (Wildman–Crippen LogP) is 6.59. The summed E-state index contributed by atoms with van der Waals surface area (Å²) in [6, 6.07) is 15.5. The zero-order chi connectivity index (χ0) is 31.7. The summed E-state index contributed by atoms with van der Waals surface area (Å²) in [7, 11) is -7.14. The Labute approximate surface area is 265 Å². The van der Waals surface area contributed by atoms with Crippen molar-refractivity contribution in [3.8, 4) is 0 Å². The maximum absolute atomic E-state index is 12.8. The molecule has 0 aromatic heterocycles. The van der Waals surface area contributed by atoms with E-state index in [2.05, 4.69) is 46.0 Å². The van der Waals surface area contributed by atoms with E-state index in [-0.39, 0.29) is 23.0 Å². The molecule has 2 aromatic carbocycles. The Morgan fingerprint density at radius 3 is 1.32 bits per heavy atom. The Kier molecular flexibility index (Phi) is 13.0. The van der Waals surface area contributed by atoms with Gasteiger partial charge in [0.2, 0.25) is 0 Å². The molecule has 3 fully saturated rings. The summed E-state index contributed by atoms with van der Waals surface area (Å²) >= 11 is 0. The first kappa shape index (κ1) is 37.7. The van der Waals surface area contributed by atoms with Crippen LogP contribution in [0.3, 0.4) is 0 Å².